The smallest absolute Gasteiger partial charge is 0.319 e. The number of esters is 1. The zero-order valence-electron chi connectivity index (χ0n) is 9.49. The summed E-state index contributed by atoms with van der Waals surface area (Å²) in [6.07, 6.45) is 0.184. The molecule has 1 N–H and O–H groups in total. The molecule has 1 rings (SSSR count). The summed E-state index contributed by atoms with van der Waals surface area (Å²) in [5.74, 6) is -0.238. The van der Waals surface area contributed by atoms with Crippen LogP contribution in [-0.2, 0) is 14.3 Å². The van der Waals surface area contributed by atoms with Crippen LogP contribution in [-0.4, -0.2) is 63.4 Å². The van der Waals surface area contributed by atoms with E-state index in [-0.39, 0.29) is 18.6 Å². The zero-order chi connectivity index (χ0) is 11.1. The van der Waals surface area contributed by atoms with Gasteiger partial charge < -0.3 is 14.8 Å². The Balaban J connectivity index is 2.12. The number of nitrogens with zero attached hydrogens (tertiary/aromatic N) is 1. The zero-order valence-corrected chi connectivity index (χ0v) is 9.49. The predicted molar refractivity (Wildman–Crippen MR) is 56.7 cm³/mol. The molecule has 1 heterocycles. The van der Waals surface area contributed by atoms with E-state index in [0.29, 0.717) is 6.54 Å². The Hall–Kier alpha value is -0.650. The number of nitrogens with one attached hydrogen (secondary N) is 1. The highest BCUT2D eigenvalue weighted by Crippen LogP contribution is 2.03. The van der Waals surface area contributed by atoms with Crippen LogP contribution >= 0.6 is 0 Å². The van der Waals surface area contributed by atoms with Gasteiger partial charge >= 0.3 is 5.97 Å². The second kappa shape index (κ2) is 6.76. The molecule has 0 aromatic carbocycles. The van der Waals surface area contributed by atoms with E-state index in [2.05, 4.69) is 21.9 Å². The molecule has 0 bridgehead atoms. The van der Waals surface area contributed by atoms with E-state index >= 15 is 0 Å². The Morgan fingerprint density at radius 3 is 3.13 bits per heavy atom. The number of hydrogen-bond donors (Lipinski definition) is 1. The van der Waals surface area contributed by atoms with Gasteiger partial charge in [0.25, 0.3) is 0 Å². The molecule has 1 unspecified atom stereocenters. The minimum Gasteiger partial charge on any atom is -0.468 e. The molecule has 0 aliphatic carbocycles. The number of rotatable bonds is 5. The van der Waals surface area contributed by atoms with Crippen molar-refractivity contribution in [1.29, 1.82) is 0 Å². The molecule has 5 nitrogen and oxygen atoms in total. The van der Waals surface area contributed by atoms with E-state index < -0.39 is 0 Å². The summed E-state index contributed by atoms with van der Waals surface area (Å²) < 4.78 is 10.1. The summed E-state index contributed by atoms with van der Waals surface area (Å²) in [6, 6.07) is 0. The Morgan fingerprint density at radius 1 is 1.67 bits per heavy atom. The largest absolute Gasteiger partial charge is 0.468 e. The Bertz CT molecular complexity index is 199. The molecule has 1 aliphatic heterocycles. The Kier molecular flexibility index (Phi) is 5.60. The van der Waals surface area contributed by atoms with E-state index in [9.17, 15) is 4.79 Å². The van der Waals surface area contributed by atoms with Crippen LogP contribution in [0.4, 0.5) is 0 Å². The number of methoxy groups -OCH3 is 1. The predicted octanol–water partition coefficient (Wildman–Crippen LogP) is -0.530. The number of ether oxygens (including phenoxy) is 2. The van der Waals surface area contributed by atoms with E-state index in [1.807, 2.05) is 0 Å². The van der Waals surface area contributed by atoms with Crippen LogP contribution in [0.5, 0.6) is 0 Å². The first-order valence-electron chi connectivity index (χ1n) is 5.37. The summed E-state index contributed by atoms with van der Waals surface area (Å²) in [6.45, 7) is 6.86. The maximum atomic E-state index is 10.8. The molecule has 0 aromatic rings. The van der Waals surface area contributed by atoms with Crippen molar-refractivity contribution in [2.45, 2.75) is 13.0 Å². The first kappa shape index (κ1) is 12.4. The maximum absolute atomic E-state index is 10.8. The standard InChI is InChI=1S/C10H20N2O3/c1-3-12-4-5-15-9(8-12)6-11-7-10(13)14-2/h9,11H,3-8H2,1-2H3. The van der Waals surface area contributed by atoms with Gasteiger partial charge in [0.2, 0.25) is 0 Å². The lowest BCUT2D eigenvalue weighted by atomic mass is 10.2. The van der Waals surface area contributed by atoms with Crippen LogP contribution in [0.1, 0.15) is 6.92 Å². The molecule has 0 aromatic heterocycles. The molecule has 1 saturated heterocycles. The molecular formula is C10H20N2O3. The molecule has 1 atom stereocenters. The highest BCUT2D eigenvalue weighted by molar-refractivity contribution is 5.71. The summed E-state index contributed by atoms with van der Waals surface area (Å²) >= 11 is 0. The summed E-state index contributed by atoms with van der Waals surface area (Å²) in [7, 11) is 1.39. The van der Waals surface area contributed by atoms with Crippen molar-refractivity contribution >= 4 is 5.97 Å². The Labute approximate surface area is 90.7 Å². The van der Waals surface area contributed by atoms with Crippen LogP contribution in [0.2, 0.25) is 0 Å². The van der Waals surface area contributed by atoms with Gasteiger partial charge in [-0.1, -0.05) is 6.92 Å². The van der Waals surface area contributed by atoms with Gasteiger partial charge in [-0.25, -0.2) is 0 Å². The fraction of sp³-hybridized carbons (Fsp3) is 0.900. The van der Waals surface area contributed by atoms with Gasteiger partial charge in [0.05, 0.1) is 26.4 Å². The van der Waals surface area contributed by atoms with Crippen molar-refractivity contribution in [3.63, 3.8) is 0 Å². The summed E-state index contributed by atoms with van der Waals surface area (Å²) in [5.41, 5.74) is 0. The average molecular weight is 216 g/mol. The molecular weight excluding hydrogens is 196 g/mol. The van der Waals surface area contributed by atoms with Crippen molar-refractivity contribution in [3.8, 4) is 0 Å². The van der Waals surface area contributed by atoms with Crippen molar-refractivity contribution in [1.82, 2.24) is 10.2 Å². The quantitative estimate of drug-likeness (QED) is 0.626. The van der Waals surface area contributed by atoms with E-state index in [1.165, 1.54) is 7.11 Å². The molecule has 5 heteroatoms. The fourth-order valence-electron chi connectivity index (χ4n) is 1.60. The third kappa shape index (κ3) is 4.59. The minimum absolute atomic E-state index is 0.184. The topological polar surface area (TPSA) is 50.8 Å². The number of likely N-dealkylation sites (N-methyl/N-ethyl adjacent to an activating group) is 1. The normalized spacial score (nSPS) is 22.7. The SMILES string of the molecule is CCN1CCOC(CNCC(=O)OC)C1. The van der Waals surface area contributed by atoms with Gasteiger partial charge in [-0.3, -0.25) is 9.69 Å². The Morgan fingerprint density at radius 2 is 2.47 bits per heavy atom. The van der Waals surface area contributed by atoms with Gasteiger partial charge in [-0.2, -0.15) is 0 Å². The van der Waals surface area contributed by atoms with Crippen LogP contribution in [0.15, 0.2) is 0 Å². The highest BCUT2D eigenvalue weighted by Gasteiger charge is 2.18. The second-order valence-corrected chi connectivity index (χ2v) is 3.59. The van der Waals surface area contributed by atoms with Gasteiger partial charge in [-0.05, 0) is 6.54 Å². The molecule has 0 spiro atoms. The van der Waals surface area contributed by atoms with Crippen LogP contribution in [0.25, 0.3) is 0 Å². The van der Waals surface area contributed by atoms with Crippen molar-refractivity contribution in [2.75, 3.05) is 46.4 Å². The number of morpholine rings is 1. The molecule has 1 aliphatic rings. The first-order valence-corrected chi connectivity index (χ1v) is 5.37. The van der Waals surface area contributed by atoms with Crippen LogP contribution in [0.3, 0.4) is 0 Å². The monoisotopic (exact) mass is 216 g/mol. The molecule has 1 fully saturated rings. The fourth-order valence-corrected chi connectivity index (χ4v) is 1.60. The lowest BCUT2D eigenvalue weighted by Crippen LogP contribution is -2.47. The molecule has 88 valence electrons. The van der Waals surface area contributed by atoms with Crippen LogP contribution < -0.4 is 5.32 Å². The first-order chi connectivity index (χ1) is 7.26. The lowest BCUT2D eigenvalue weighted by molar-refractivity contribution is -0.139. The number of carbonyl (C=O) groups is 1. The van der Waals surface area contributed by atoms with Crippen LogP contribution in [0, 0.1) is 0 Å². The van der Waals surface area contributed by atoms with E-state index in [1.54, 1.807) is 0 Å². The molecule has 15 heavy (non-hydrogen) atoms. The number of carbonyl (C=O) groups excluding carboxylic acids is 1. The second-order valence-electron chi connectivity index (χ2n) is 3.59. The summed E-state index contributed by atoms with van der Waals surface area (Å²) in [5, 5.41) is 3.02. The van der Waals surface area contributed by atoms with Crippen molar-refractivity contribution < 1.29 is 14.3 Å². The van der Waals surface area contributed by atoms with Gasteiger partial charge in [-0.15, -0.1) is 0 Å². The summed E-state index contributed by atoms with van der Waals surface area (Å²) in [4.78, 5) is 13.2. The third-order valence-corrected chi connectivity index (χ3v) is 2.54. The molecule has 0 amide bonds. The minimum atomic E-state index is -0.238. The third-order valence-electron chi connectivity index (χ3n) is 2.54. The lowest BCUT2D eigenvalue weighted by Gasteiger charge is -2.32. The highest BCUT2D eigenvalue weighted by atomic mass is 16.5. The van der Waals surface area contributed by atoms with E-state index in [4.69, 9.17) is 4.74 Å². The molecule has 0 radical (unpaired) electrons. The van der Waals surface area contributed by atoms with Gasteiger partial charge in [0.15, 0.2) is 0 Å². The van der Waals surface area contributed by atoms with Crippen molar-refractivity contribution in [3.05, 3.63) is 0 Å². The molecule has 0 saturated carbocycles. The van der Waals surface area contributed by atoms with Gasteiger partial charge in [0.1, 0.15) is 0 Å². The van der Waals surface area contributed by atoms with Crippen molar-refractivity contribution in [2.24, 2.45) is 0 Å². The van der Waals surface area contributed by atoms with Gasteiger partial charge in [0, 0.05) is 19.6 Å². The average Bonchev–Trinajstić information content (AvgIpc) is 2.29. The maximum Gasteiger partial charge on any atom is 0.319 e. The van der Waals surface area contributed by atoms with E-state index in [0.717, 1.165) is 26.2 Å². The number of hydrogen-bond acceptors (Lipinski definition) is 5.